The van der Waals surface area contributed by atoms with E-state index in [0.29, 0.717) is 11.1 Å². The number of benzene rings is 2. The molecule has 4 rings (SSSR count). The van der Waals surface area contributed by atoms with E-state index in [1.807, 2.05) is 6.92 Å². The van der Waals surface area contributed by atoms with Crippen molar-refractivity contribution in [2.75, 3.05) is 0 Å². The molecule has 1 heterocycles. The van der Waals surface area contributed by atoms with Crippen LogP contribution in [0.5, 0.6) is 0 Å². The van der Waals surface area contributed by atoms with E-state index >= 15 is 0 Å². The average Bonchev–Trinajstić information content (AvgIpc) is 3.33. The van der Waals surface area contributed by atoms with Gasteiger partial charge >= 0.3 is 0 Å². The third-order valence-electron chi connectivity index (χ3n) is 4.92. The molecule has 0 saturated heterocycles. The molecule has 2 aromatic carbocycles. The molecule has 1 aliphatic carbocycles. The monoisotopic (exact) mass is 364 g/mol. The van der Waals surface area contributed by atoms with Gasteiger partial charge in [0.25, 0.3) is 10.0 Å². The van der Waals surface area contributed by atoms with Crippen LogP contribution < -0.4 is 0 Å². The van der Waals surface area contributed by atoms with E-state index in [-0.39, 0.29) is 16.7 Å². The van der Waals surface area contributed by atoms with Crippen LogP contribution >= 0.6 is 0 Å². The molecule has 0 radical (unpaired) electrons. The maximum Gasteiger partial charge on any atom is 0.268 e. The second kappa shape index (κ2) is 5.82. The van der Waals surface area contributed by atoms with E-state index in [1.165, 1.54) is 3.97 Å². The highest BCUT2D eigenvalue weighted by Gasteiger charge is 2.40. The summed E-state index contributed by atoms with van der Waals surface area (Å²) in [5.74, 6) is -0.0239. The Bertz CT molecular complexity index is 1170. The van der Waals surface area contributed by atoms with Crippen molar-refractivity contribution in [2.24, 2.45) is 5.92 Å². The molecule has 0 spiro atoms. The van der Waals surface area contributed by atoms with Crippen LogP contribution in [-0.4, -0.2) is 18.7 Å². The van der Waals surface area contributed by atoms with Gasteiger partial charge in [-0.1, -0.05) is 23.8 Å². The largest absolute Gasteiger partial charge is 0.303 e. The maximum absolute atomic E-state index is 13.2. The Labute approximate surface area is 151 Å². The Morgan fingerprint density at radius 1 is 1.19 bits per heavy atom. The van der Waals surface area contributed by atoms with Crippen LogP contribution in [-0.2, 0) is 14.8 Å². The second-order valence-corrected chi connectivity index (χ2v) is 8.50. The van der Waals surface area contributed by atoms with Crippen molar-refractivity contribution >= 4 is 27.2 Å². The molecule has 26 heavy (non-hydrogen) atoms. The molecule has 0 amide bonds. The van der Waals surface area contributed by atoms with Crippen LogP contribution in [0.3, 0.4) is 0 Å². The topological polar surface area (TPSA) is 79.9 Å². The summed E-state index contributed by atoms with van der Waals surface area (Å²) in [7, 11) is -3.80. The predicted octanol–water partition coefficient (Wildman–Crippen LogP) is 3.36. The zero-order valence-corrected chi connectivity index (χ0v) is 14.9. The third kappa shape index (κ3) is 2.52. The summed E-state index contributed by atoms with van der Waals surface area (Å²) in [6.07, 6.45) is 3.26. The lowest BCUT2D eigenvalue weighted by molar-refractivity contribution is -0.108. The van der Waals surface area contributed by atoms with Crippen LogP contribution in [0, 0.1) is 24.2 Å². The van der Waals surface area contributed by atoms with Gasteiger partial charge in [0, 0.05) is 17.5 Å². The molecule has 5 nitrogen and oxygen atoms in total. The van der Waals surface area contributed by atoms with E-state index in [2.05, 4.69) is 6.07 Å². The quantitative estimate of drug-likeness (QED) is 0.665. The fourth-order valence-electron chi connectivity index (χ4n) is 3.33. The number of hydrogen-bond acceptors (Lipinski definition) is 4. The second-order valence-electron chi connectivity index (χ2n) is 6.68. The Hall–Kier alpha value is -2.91. The lowest BCUT2D eigenvalue weighted by atomic mass is 10.1. The first-order valence-electron chi connectivity index (χ1n) is 8.28. The normalized spacial score (nSPS) is 19.2. The standard InChI is InChI=1S/C20H16N2O3S/c1-13-2-5-16(6-3-13)26(24,25)22-11-19(18-9-15(18)12-23)17-7-4-14(10-21)8-20(17)22/h2-8,11-12,15,18H,9H2,1H3/t15-,18+/m0/s1. The molecule has 0 unspecified atom stereocenters. The van der Waals surface area contributed by atoms with Gasteiger partial charge in [-0.25, -0.2) is 12.4 Å². The molecule has 1 fully saturated rings. The zero-order chi connectivity index (χ0) is 18.5. The number of nitrogens with zero attached hydrogens (tertiary/aromatic N) is 2. The SMILES string of the molecule is Cc1ccc(S(=O)(=O)n2cc([C@@H]3C[C@H]3C=O)c3ccc(C#N)cc32)cc1. The molecule has 1 aromatic heterocycles. The summed E-state index contributed by atoms with van der Waals surface area (Å²) in [6.45, 7) is 1.89. The number of aldehydes is 1. The summed E-state index contributed by atoms with van der Waals surface area (Å²) in [5.41, 5.74) is 2.68. The fourth-order valence-corrected chi connectivity index (χ4v) is 4.70. The highest BCUT2D eigenvalue weighted by molar-refractivity contribution is 7.90. The number of aromatic nitrogens is 1. The van der Waals surface area contributed by atoms with Crippen molar-refractivity contribution in [1.82, 2.24) is 3.97 Å². The number of nitriles is 1. The summed E-state index contributed by atoms with van der Waals surface area (Å²) in [5, 5.41) is 9.96. The summed E-state index contributed by atoms with van der Waals surface area (Å²) < 4.78 is 27.6. The summed E-state index contributed by atoms with van der Waals surface area (Å²) in [6, 6.07) is 13.7. The first-order chi connectivity index (χ1) is 12.5. The maximum atomic E-state index is 13.2. The minimum Gasteiger partial charge on any atom is -0.303 e. The molecule has 0 aliphatic heterocycles. The van der Waals surface area contributed by atoms with E-state index in [9.17, 15) is 18.5 Å². The number of fused-ring (bicyclic) bond motifs is 1. The van der Waals surface area contributed by atoms with Gasteiger partial charge in [0.05, 0.1) is 22.0 Å². The van der Waals surface area contributed by atoms with Gasteiger partial charge in [0.1, 0.15) is 6.29 Å². The zero-order valence-electron chi connectivity index (χ0n) is 14.1. The van der Waals surface area contributed by atoms with Crippen molar-refractivity contribution < 1.29 is 13.2 Å². The van der Waals surface area contributed by atoms with Gasteiger partial charge in [0.2, 0.25) is 0 Å². The molecule has 6 heteroatoms. The van der Waals surface area contributed by atoms with Crippen LogP contribution in [0.25, 0.3) is 10.9 Å². The molecule has 1 saturated carbocycles. The molecule has 0 N–H and O–H groups in total. The van der Waals surface area contributed by atoms with E-state index in [0.717, 1.165) is 29.2 Å². The molecular weight excluding hydrogens is 348 g/mol. The Balaban J connectivity index is 1.95. The van der Waals surface area contributed by atoms with Crippen LogP contribution in [0.1, 0.15) is 29.0 Å². The van der Waals surface area contributed by atoms with Gasteiger partial charge < -0.3 is 4.79 Å². The number of hydrogen-bond donors (Lipinski definition) is 0. The van der Waals surface area contributed by atoms with Gasteiger partial charge in [-0.15, -0.1) is 0 Å². The number of aryl methyl sites for hydroxylation is 1. The molecule has 130 valence electrons. The third-order valence-corrected chi connectivity index (χ3v) is 6.61. The van der Waals surface area contributed by atoms with Crippen LogP contribution in [0.15, 0.2) is 53.6 Å². The Kier molecular flexibility index (Phi) is 3.70. The minimum atomic E-state index is -3.80. The Morgan fingerprint density at radius 3 is 2.54 bits per heavy atom. The van der Waals surface area contributed by atoms with Crippen LogP contribution in [0.4, 0.5) is 0 Å². The van der Waals surface area contributed by atoms with E-state index in [1.54, 1.807) is 48.7 Å². The fraction of sp³-hybridized carbons (Fsp3) is 0.200. The first-order valence-corrected chi connectivity index (χ1v) is 9.72. The highest BCUT2D eigenvalue weighted by Crippen LogP contribution is 2.49. The van der Waals surface area contributed by atoms with Gasteiger partial charge in [-0.2, -0.15) is 5.26 Å². The van der Waals surface area contributed by atoms with Gasteiger partial charge in [-0.05, 0) is 49.1 Å². The van der Waals surface area contributed by atoms with Crippen molar-refractivity contribution in [1.29, 1.82) is 5.26 Å². The van der Waals surface area contributed by atoms with Crippen molar-refractivity contribution in [3.05, 3.63) is 65.4 Å². The van der Waals surface area contributed by atoms with Gasteiger partial charge in [0.15, 0.2) is 0 Å². The molecule has 3 aromatic rings. The number of rotatable bonds is 4. The molecular formula is C20H16N2O3S. The minimum absolute atomic E-state index is 0.0393. The lowest BCUT2D eigenvalue weighted by Gasteiger charge is -2.08. The first kappa shape index (κ1) is 16.6. The summed E-state index contributed by atoms with van der Waals surface area (Å²) >= 11 is 0. The number of carbonyl (C=O) groups excluding carboxylic acids is 1. The smallest absolute Gasteiger partial charge is 0.268 e. The van der Waals surface area contributed by atoms with E-state index < -0.39 is 10.0 Å². The van der Waals surface area contributed by atoms with Crippen molar-refractivity contribution in [3.63, 3.8) is 0 Å². The summed E-state index contributed by atoms with van der Waals surface area (Å²) in [4.78, 5) is 11.3. The van der Waals surface area contributed by atoms with Crippen LogP contribution in [0.2, 0.25) is 0 Å². The van der Waals surface area contributed by atoms with Gasteiger partial charge in [-0.3, -0.25) is 0 Å². The van der Waals surface area contributed by atoms with Crippen molar-refractivity contribution in [3.8, 4) is 6.07 Å². The highest BCUT2D eigenvalue weighted by atomic mass is 32.2. The molecule has 0 bridgehead atoms. The average molecular weight is 364 g/mol. The molecule has 2 atom stereocenters. The Morgan fingerprint density at radius 2 is 1.92 bits per heavy atom. The predicted molar refractivity (Wildman–Crippen MR) is 97.3 cm³/mol. The lowest BCUT2D eigenvalue weighted by Crippen LogP contribution is -2.11. The van der Waals surface area contributed by atoms with E-state index in [4.69, 9.17) is 0 Å². The number of carbonyl (C=O) groups is 1. The van der Waals surface area contributed by atoms with Crippen molar-refractivity contribution in [2.45, 2.75) is 24.2 Å². The molecule has 1 aliphatic rings.